The molecule has 1 aliphatic rings. The minimum absolute atomic E-state index is 0.0724. The summed E-state index contributed by atoms with van der Waals surface area (Å²) in [7, 11) is 0. The van der Waals surface area contributed by atoms with Crippen LogP contribution in [0.2, 0.25) is 0 Å². The number of cyclic esters (lactones) is 1. The summed E-state index contributed by atoms with van der Waals surface area (Å²) in [6.07, 6.45) is 5.31. The monoisotopic (exact) mass is 233 g/mol. The van der Waals surface area contributed by atoms with E-state index in [0.717, 1.165) is 24.1 Å². The highest BCUT2D eigenvalue weighted by molar-refractivity contribution is 5.88. The molecule has 1 atom stereocenters. The molecule has 3 nitrogen and oxygen atoms in total. The summed E-state index contributed by atoms with van der Waals surface area (Å²) >= 11 is 0. The third-order valence-electron chi connectivity index (χ3n) is 3.11. The van der Waals surface area contributed by atoms with Crippen molar-refractivity contribution in [3.63, 3.8) is 0 Å². The first kappa shape index (κ1) is 12.0. The van der Waals surface area contributed by atoms with Crippen LogP contribution in [-0.4, -0.2) is 6.09 Å². The van der Waals surface area contributed by atoms with Crippen LogP contribution in [-0.2, 0) is 4.74 Å². The van der Waals surface area contributed by atoms with E-state index >= 15 is 0 Å². The number of amides is 1. The highest BCUT2D eigenvalue weighted by Gasteiger charge is 2.24. The van der Waals surface area contributed by atoms with Crippen molar-refractivity contribution in [2.24, 2.45) is 0 Å². The highest BCUT2D eigenvalue weighted by atomic mass is 16.6. The number of benzene rings is 1. The maximum Gasteiger partial charge on any atom is 0.412 e. The fourth-order valence-electron chi connectivity index (χ4n) is 2.19. The molecule has 1 unspecified atom stereocenters. The number of ether oxygens (including phenoxy) is 1. The molecule has 0 saturated carbocycles. The predicted molar refractivity (Wildman–Crippen MR) is 68.0 cm³/mol. The highest BCUT2D eigenvalue weighted by Crippen LogP contribution is 2.33. The van der Waals surface area contributed by atoms with Gasteiger partial charge in [-0.25, -0.2) is 4.79 Å². The summed E-state index contributed by atoms with van der Waals surface area (Å²) in [6, 6.07) is 7.87. The van der Waals surface area contributed by atoms with Crippen LogP contribution in [0.1, 0.15) is 50.7 Å². The average molecular weight is 233 g/mol. The second-order valence-electron chi connectivity index (χ2n) is 4.46. The zero-order valence-corrected chi connectivity index (χ0v) is 10.2. The van der Waals surface area contributed by atoms with Crippen molar-refractivity contribution in [2.75, 3.05) is 5.32 Å². The van der Waals surface area contributed by atoms with E-state index in [1.807, 2.05) is 24.3 Å². The van der Waals surface area contributed by atoms with Gasteiger partial charge >= 0.3 is 6.09 Å². The van der Waals surface area contributed by atoms with Crippen molar-refractivity contribution >= 4 is 11.8 Å². The van der Waals surface area contributed by atoms with Crippen molar-refractivity contribution in [2.45, 2.75) is 45.1 Å². The first-order chi connectivity index (χ1) is 8.31. The fraction of sp³-hybridized carbons (Fsp3) is 0.500. The van der Waals surface area contributed by atoms with Crippen LogP contribution in [0, 0.1) is 0 Å². The van der Waals surface area contributed by atoms with Crippen molar-refractivity contribution < 1.29 is 9.53 Å². The summed E-state index contributed by atoms with van der Waals surface area (Å²) in [6.45, 7) is 2.19. The van der Waals surface area contributed by atoms with Gasteiger partial charge in [-0.2, -0.15) is 0 Å². The first-order valence-electron chi connectivity index (χ1n) is 6.38. The molecule has 1 aromatic carbocycles. The molecule has 0 aliphatic carbocycles. The predicted octanol–water partition coefficient (Wildman–Crippen LogP) is 4.26. The lowest BCUT2D eigenvalue weighted by Crippen LogP contribution is -2.24. The molecule has 1 N–H and O–H groups in total. The lowest BCUT2D eigenvalue weighted by molar-refractivity contribution is 0.0990. The molecule has 1 heterocycles. The number of unbranched alkanes of at least 4 members (excludes halogenated alkanes) is 3. The summed E-state index contributed by atoms with van der Waals surface area (Å²) in [4.78, 5) is 11.4. The molecule has 2 rings (SSSR count). The van der Waals surface area contributed by atoms with Crippen molar-refractivity contribution in [3.05, 3.63) is 29.8 Å². The van der Waals surface area contributed by atoms with Gasteiger partial charge in [0.25, 0.3) is 0 Å². The van der Waals surface area contributed by atoms with Crippen molar-refractivity contribution in [3.8, 4) is 0 Å². The summed E-state index contributed by atoms with van der Waals surface area (Å²) < 4.78 is 5.34. The Hall–Kier alpha value is -1.51. The Morgan fingerprint density at radius 3 is 2.88 bits per heavy atom. The van der Waals surface area contributed by atoms with Gasteiger partial charge < -0.3 is 4.74 Å². The Morgan fingerprint density at radius 2 is 2.06 bits per heavy atom. The lowest BCUT2D eigenvalue weighted by atomic mass is 10.00. The van der Waals surface area contributed by atoms with E-state index < -0.39 is 0 Å². The summed E-state index contributed by atoms with van der Waals surface area (Å²) in [5.41, 5.74) is 1.99. The largest absolute Gasteiger partial charge is 0.441 e. The maximum absolute atomic E-state index is 11.4. The molecule has 0 fully saturated rings. The molecule has 0 radical (unpaired) electrons. The van der Waals surface area contributed by atoms with Crippen LogP contribution >= 0.6 is 0 Å². The molecule has 0 bridgehead atoms. The molecule has 17 heavy (non-hydrogen) atoms. The van der Waals surface area contributed by atoms with Gasteiger partial charge in [0.1, 0.15) is 6.10 Å². The van der Waals surface area contributed by atoms with E-state index in [0.29, 0.717) is 0 Å². The molecule has 0 spiro atoms. The molecule has 0 saturated heterocycles. The second kappa shape index (κ2) is 5.71. The van der Waals surface area contributed by atoms with Gasteiger partial charge in [-0.15, -0.1) is 0 Å². The molecule has 1 amide bonds. The van der Waals surface area contributed by atoms with Gasteiger partial charge in [-0.05, 0) is 18.9 Å². The maximum atomic E-state index is 11.4. The fourth-order valence-corrected chi connectivity index (χ4v) is 2.19. The van der Waals surface area contributed by atoms with Gasteiger partial charge in [0.05, 0.1) is 5.69 Å². The normalized spacial score (nSPS) is 18.2. The van der Waals surface area contributed by atoms with Gasteiger partial charge in [0.2, 0.25) is 0 Å². The molecular weight excluding hydrogens is 214 g/mol. The summed E-state index contributed by atoms with van der Waals surface area (Å²) in [5, 5.41) is 2.73. The van der Waals surface area contributed by atoms with Crippen LogP contribution in [0.25, 0.3) is 0 Å². The SMILES string of the molecule is CCCCCCC1OC(=O)Nc2ccccc21. The number of anilines is 1. The minimum atomic E-state index is -0.329. The van der Waals surface area contributed by atoms with Crippen LogP contribution in [0.4, 0.5) is 10.5 Å². The molecular formula is C14H19NO2. The Balaban J connectivity index is 2.00. The van der Waals surface area contributed by atoms with E-state index in [9.17, 15) is 4.79 Å². The number of para-hydroxylation sites is 1. The Morgan fingerprint density at radius 1 is 1.24 bits per heavy atom. The zero-order valence-electron chi connectivity index (χ0n) is 10.2. The van der Waals surface area contributed by atoms with Gasteiger partial charge in [-0.3, -0.25) is 5.32 Å². The average Bonchev–Trinajstić information content (AvgIpc) is 2.34. The van der Waals surface area contributed by atoms with Gasteiger partial charge in [0, 0.05) is 5.56 Å². The van der Waals surface area contributed by atoms with Crippen LogP contribution < -0.4 is 5.32 Å². The number of hydrogen-bond acceptors (Lipinski definition) is 2. The number of nitrogens with one attached hydrogen (secondary N) is 1. The van der Waals surface area contributed by atoms with E-state index in [1.165, 1.54) is 19.3 Å². The molecule has 3 heteroatoms. The first-order valence-corrected chi connectivity index (χ1v) is 6.38. The zero-order chi connectivity index (χ0) is 12.1. The molecule has 0 aromatic heterocycles. The topological polar surface area (TPSA) is 38.3 Å². The number of carbonyl (C=O) groups is 1. The van der Waals surface area contributed by atoms with E-state index in [-0.39, 0.29) is 12.2 Å². The van der Waals surface area contributed by atoms with E-state index in [1.54, 1.807) is 0 Å². The van der Waals surface area contributed by atoms with Gasteiger partial charge in [-0.1, -0.05) is 44.4 Å². The van der Waals surface area contributed by atoms with Gasteiger partial charge in [0.15, 0.2) is 0 Å². The molecule has 1 aromatic rings. The van der Waals surface area contributed by atoms with Crippen molar-refractivity contribution in [1.29, 1.82) is 0 Å². The minimum Gasteiger partial charge on any atom is -0.441 e. The van der Waals surface area contributed by atoms with Crippen molar-refractivity contribution in [1.82, 2.24) is 0 Å². The van der Waals surface area contributed by atoms with Crippen LogP contribution in [0.3, 0.4) is 0 Å². The smallest absolute Gasteiger partial charge is 0.412 e. The Bertz CT molecular complexity index is 390. The van der Waals surface area contributed by atoms with Crippen LogP contribution in [0.5, 0.6) is 0 Å². The third kappa shape index (κ3) is 2.99. The number of carbonyl (C=O) groups excluding carboxylic acids is 1. The Labute approximate surface area is 102 Å². The van der Waals surface area contributed by atoms with Crippen LogP contribution in [0.15, 0.2) is 24.3 Å². The number of rotatable bonds is 5. The second-order valence-corrected chi connectivity index (χ2v) is 4.46. The summed E-state index contributed by atoms with van der Waals surface area (Å²) in [5.74, 6) is 0. The Kier molecular flexibility index (Phi) is 4.02. The molecule has 1 aliphatic heterocycles. The van der Waals surface area contributed by atoms with E-state index in [2.05, 4.69) is 12.2 Å². The standard InChI is InChI=1S/C14H19NO2/c1-2-3-4-5-10-13-11-8-6-7-9-12(11)15-14(16)17-13/h6-9,13H,2-5,10H2,1H3,(H,15,16). The lowest BCUT2D eigenvalue weighted by Gasteiger charge is -2.26. The number of fused-ring (bicyclic) bond motifs is 1. The van der Waals surface area contributed by atoms with E-state index in [4.69, 9.17) is 4.74 Å². The molecule has 92 valence electrons. The number of hydrogen-bond donors (Lipinski definition) is 1. The quantitative estimate of drug-likeness (QED) is 0.772. The third-order valence-corrected chi connectivity index (χ3v) is 3.11.